The van der Waals surface area contributed by atoms with Gasteiger partial charge in [-0.1, -0.05) is 12.1 Å². The summed E-state index contributed by atoms with van der Waals surface area (Å²) in [4.78, 5) is 9.20. The molecular formula is C21H19FN6O2. The molecule has 5 rings (SSSR count). The lowest BCUT2D eigenvalue weighted by Crippen LogP contribution is -2.13. The molecule has 8 nitrogen and oxygen atoms in total. The number of aryl methyl sites for hydroxylation is 1. The number of nitrogens with zero attached hydrogens (tertiary/aromatic N) is 5. The maximum absolute atomic E-state index is 14.4. The molecule has 1 atom stereocenters. The first-order valence-electron chi connectivity index (χ1n) is 9.56. The second kappa shape index (κ2) is 7.34. The van der Waals surface area contributed by atoms with Gasteiger partial charge in [0, 0.05) is 12.6 Å². The third kappa shape index (κ3) is 3.13. The standard InChI is InChI=1S/C21H19FN6O2/c1-12-19-14(10-24-28(19)2)21-23-11-17-18(25-21)16(26-27-17)7-6-13-4-3-5-15(22)20(13)30-9-8-29-12/h3-7,10-12H,8-9H2,1-2H3,(H,26,27)/b7-6+/t12-/m1/s1. The van der Waals surface area contributed by atoms with Gasteiger partial charge in [0.2, 0.25) is 0 Å². The second-order valence-electron chi connectivity index (χ2n) is 6.98. The van der Waals surface area contributed by atoms with E-state index in [1.807, 2.05) is 14.0 Å². The Morgan fingerprint density at radius 1 is 1.20 bits per heavy atom. The van der Waals surface area contributed by atoms with Gasteiger partial charge in [-0.05, 0) is 25.1 Å². The third-order valence-corrected chi connectivity index (χ3v) is 5.05. The number of ether oxygens (including phenoxy) is 2. The number of halogens is 1. The van der Waals surface area contributed by atoms with Crippen molar-refractivity contribution in [1.29, 1.82) is 0 Å². The van der Waals surface area contributed by atoms with Gasteiger partial charge < -0.3 is 9.47 Å². The van der Waals surface area contributed by atoms with E-state index in [0.717, 1.165) is 11.3 Å². The second-order valence-corrected chi connectivity index (χ2v) is 6.98. The van der Waals surface area contributed by atoms with E-state index in [2.05, 4.69) is 20.3 Å². The van der Waals surface area contributed by atoms with Crippen molar-refractivity contribution in [2.45, 2.75) is 13.0 Å². The van der Waals surface area contributed by atoms with E-state index in [1.165, 1.54) is 6.07 Å². The first-order chi connectivity index (χ1) is 14.6. The van der Waals surface area contributed by atoms with Crippen LogP contribution in [0.25, 0.3) is 34.6 Å². The topological polar surface area (TPSA) is 90.7 Å². The Balaban J connectivity index is 1.68. The molecule has 1 N–H and O–H groups in total. The van der Waals surface area contributed by atoms with Crippen LogP contribution in [-0.2, 0) is 11.8 Å². The maximum atomic E-state index is 14.4. The van der Waals surface area contributed by atoms with Gasteiger partial charge >= 0.3 is 0 Å². The fraction of sp³-hybridized carbons (Fsp3) is 0.238. The Labute approximate surface area is 171 Å². The van der Waals surface area contributed by atoms with Crippen LogP contribution >= 0.6 is 0 Å². The largest absolute Gasteiger partial charge is 0.487 e. The number of H-pyrrole nitrogens is 1. The summed E-state index contributed by atoms with van der Waals surface area (Å²) in [7, 11) is 1.85. The smallest absolute Gasteiger partial charge is 0.165 e. The normalized spacial score (nSPS) is 17.6. The average molecular weight is 406 g/mol. The quantitative estimate of drug-likeness (QED) is 0.480. The molecule has 1 aliphatic heterocycles. The van der Waals surface area contributed by atoms with E-state index >= 15 is 0 Å². The molecule has 0 saturated heterocycles. The molecule has 152 valence electrons. The van der Waals surface area contributed by atoms with Crippen molar-refractivity contribution in [1.82, 2.24) is 29.9 Å². The molecule has 4 aromatic rings. The Kier molecular flexibility index (Phi) is 4.51. The number of para-hydroxylation sites is 1. The van der Waals surface area contributed by atoms with E-state index < -0.39 is 5.82 Å². The van der Waals surface area contributed by atoms with Crippen LogP contribution in [0.15, 0.2) is 30.6 Å². The summed E-state index contributed by atoms with van der Waals surface area (Å²) in [5, 5.41) is 11.6. The number of fused-ring (bicyclic) bond motifs is 4. The molecule has 0 unspecified atom stereocenters. The van der Waals surface area contributed by atoms with Crippen molar-refractivity contribution < 1.29 is 13.9 Å². The number of nitrogens with one attached hydrogen (secondary N) is 1. The summed E-state index contributed by atoms with van der Waals surface area (Å²) in [6, 6.07) is 4.80. The highest BCUT2D eigenvalue weighted by atomic mass is 19.1. The van der Waals surface area contributed by atoms with Crippen LogP contribution in [0.3, 0.4) is 0 Å². The summed E-state index contributed by atoms with van der Waals surface area (Å²) in [6.07, 6.45) is 6.67. The molecular weight excluding hydrogens is 387 g/mol. The van der Waals surface area contributed by atoms with Crippen molar-refractivity contribution >= 4 is 23.2 Å². The van der Waals surface area contributed by atoms with E-state index in [-0.39, 0.29) is 25.1 Å². The van der Waals surface area contributed by atoms with Gasteiger partial charge in [0.15, 0.2) is 17.4 Å². The predicted octanol–water partition coefficient (Wildman–Crippen LogP) is 3.53. The Morgan fingerprint density at radius 3 is 3.00 bits per heavy atom. The Bertz CT molecular complexity index is 1260. The molecule has 0 fully saturated rings. The zero-order valence-corrected chi connectivity index (χ0v) is 16.5. The van der Waals surface area contributed by atoms with Crippen molar-refractivity contribution in [2.75, 3.05) is 13.2 Å². The van der Waals surface area contributed by atoms with Crippen LogP contribution in [0.2, 0.25) is 0 Å². The van der Waals surface area contributed by atoms with E-state index in [1.54, 1.807) is 41.4 Å². The van der Waals surface area contributed by atoms with Crippen LogP contribution in [0.5, 0.6) is 5.75 Å². The fourth-order valence-electron chi connectivity index (χ4n) is 3.60. The Morgan fingerprint density at radius 2 is 2.10 bits per heavy atom. The maximum Gasteiger partial charge on any atom is 0.165 e. The van der Waals surface area contributed by atoms with Crippen molar-refractivity contribution in [2.24, 2.45) is 7.05 Å². The zero-order chi connectivity index (χ0) is 20.7. The zero-order valence-electron chi connectivity index (χ0n) is 16.5. The summed E-state index contributed by atoms with van der Waals surface area (Å²) >= 11 is 0. The highest BCUT2D eigenvalue weighted by molar-refractivity contribution is 5.87. The van der Waals surface area contributed by atoms with E-state index in [9.17, 15) is 4.39 Å². The van der Waals surface area contributed by atoms with E-state index in [4.69, 9.17) is 14.5 Å². The minimum Gasteiger partial charge on any atom is -0.487 e. The highest BCUT2D eigenvalue weighted by Crippen LogP contribution is 2.30. The van der Waals surface area contributed by atoms with Crippen LogP contribution in [0, 0.1) is 5.82 Å². The summed E-state index contributed by atoms with van der Waals surface area (Å²) in [5.41, 5.74) is 4.22. The van der Waals surface area contributed by atoms with Crippen LogP contribution in [0.4, 0.5) is 4.39 Å². The average Bonchev–Trinajstić information content (AvgIpc) is 3.33. The summed E-state index contributed by atoms with van der Waals surface area (Å²) in [5.74, 6) is 0.283. The van der Waals surface area contributed by atoms with Crippen molar-refractivity contribution in [3.05, 3.63) is 53.4 Å². The lowest BCUT2D eigenvalue weighted by atomic mass is 10.1. The third-order valence-electron chi connectivity index (χ3n) is 5.05. The number of aromatic nitrogens is 6. The fourth-order valence-corrected chi connectivity index (χ4v) is 3.60. The van der Waals surface area contributed by atoms with Crippen molar-refractivity contribution in [3.8, 4) is 17.1 Å². The molecule has 3 aromatic heterocycles. The first-order valence-corrected chi connectivity index (χ1v) is 9.56. The molecule has 2 bridgehead atoms. The van der Waals surface area contributed by atoms with Gasteiger partial charge in [-0.3, -0.25) is 9.78 Å². The van der Waals surface area contributed by atoms with Gasteiger partial charge in [-0.25, -0.2) is 14.4 Å². The Hall–Kier alpha value is -3.59. The molecule has 4 heterocycles. The lowest BCUT2D eigenvalue weighted by Gasteiger charge is -2.16. The van der Waals surface area contributed by atoms with Crippen LogP contribution < -0.4 is 4.74 Å². The van der Waals surface area contributed by atoms with Gasteiger partial charge in [-0.15, -0.1) is 0 Å². The first kappa shape index (κ1) is 18.4. The monoisotopic (exact) mass is 406 g/mol. The number of hydrogen-bond acceptors (Lipinski definition) is 6. The van der Waals surface area contributed by atoms with Crippen LogP contribution in [0.1, 0.15) is 30.0 Å². The predicted molar refractivity (Wildman–Crippen MR) is 109 cm³/mol. The molecule has 30 heavy (non-hydrogen) atoms. The summed E-state index contributed by atoms with van der Waals surface area (Å²) in [6.45, 7) is 2.41. The minimum absolute atomic E-state index is 0.177. The molecule has 9 heteroatoms. The molecule has 0 radical (unpaired) electrons. The number of aromatic amines is 1. The molecule has 0 saturated carbocycles. The van der Waals surface area contributed by atoms with Crippen LogP contribution in [-0.4, -0.2) is 43.2 Å². The minimum atomic E-state index is -0.431. The van der Waals surface area contributed by atoms with E-state index in [0.29, 0.717) is 28.1 Å². The number of rotatable bonds is 0. The molecule has 0 amide bonds. The molecule has 0 aliphatic carbocycles. The van der Waals surface area contributed by atoms with Gasteiger partial charge in [0.25, 0.3) is 0 Å². The van der Waals surface area contributed by atoms with Gasteiger partial charge in [0.05, 0.1) is 36.4 Å². The molecule has 1 aromatic carbocycles. The number of benzene rings is 1. The van der Waals surface area contributed by atoms with Gasteiger partial charge in [0.1, 0.15) is 23.3 Å². The lowest BCUT2D eigenvalue weighted by molar-refractivity contribution is 0.0390. The van der Waals surface area contributed by atoms with Gasteiger partial charge in [-0.2, -0.15) is 10.2 Å². The molecule has 1 aliphatic rings. The highest BCUT2D eigenvalue weighted by Gasteiger charge is 2.21. The SMILES string of the molecule is C[C@H]1OCCOc2c(F)cccc2/C=C/c2n[nH]c3cnc(nc23)-c2cnn(C)c21. The summed E-state index contributed by atoms with van der Waals surface area (Å²) < 4.78 is 27.8. The van der Waals surface area contributed by atoms with Crippen molar-refractivity contribution in [3.63, 3.8) is 0 Å². The molecule has 0 spiro atoms. The number of hydrogen-bond donors (Lipinski definition) is 1.